The Bertz CT molecular complexity index is 2240. The van der Waals surface area contributed by atoms with Crippen LogP contribution in [-0.2, 0) is 61.5 Å². The smallest absolute Gasteiger partial charge is 0.462 e. The van der Waals surface area contributed by atoms with E-state index in [0.29, 0.717) is 38.5 Å². The summed E-state index contributed by atoms with van der Waals surface area (Å²) in [5.41, 5.74) is -2.82. The molecule has 8 atom stereocenters. The standard InChI is InChI=1S/C87H165N2O18P/c1-7-13-19-25-31-37-43-49-55-62-74(102-80(93)65-58-52-46-40-34-28-22-16-10-4)70-78(91)88-69-61-68-86(89-79(92)71-75(63-56-50-44-38-32-26-20-14-8-2)103-81(94)66-59-53-47-41-35-29-23-17-11-5)85(97)105-77(73-90)84(107-108(99,100)101)87(86,98)106-83(96)72-76(64-57-51-45-39-33-27-21-15-9-3)104-82(95)67-60-54-48-42-36-30-24-18-12-6/h74-77,84-85,90,97-98H,7-73H2,1-6H3,(H,88,91)(H,89,92)(H2,99,100,101)/t74-,75-,76-,77-,84-,85-,86+,87+/m1/s1. The summed E-state index contributed by atoms with van der Waals surface area (Å²) >= 11 is 0. The fourth-order valence-corrected chi connectivity index (χ4v) is 15.6. The number of ether oxygens (including phenoxy) is 5. The van der Waals surface area contributed by atoms with Crippen molar-refractivity contribution in [1.29, 1.82) is 0 Å². The second kappa shape index (κ2) is 69.3. The van der Waals surface area contributed by atoms with E-state index in [1.807, 2.05) is 0 Å². The van der Waals surface area contributed by atoms with Crippen molar-refractivity contribution in [2.75, 3.05) is 13.2 Å². The van der Waals surface area contributed by atoms with E-state index in [4.69, 9.17) is 28.2 Å². The number of amides is 2. The zero-order chi connectivity index (χ0) is 79.5. The monoisotopic (exact) mass is 1560 g/mol. The molecule has 1 saturated heterocycles. The van der Waals surface area contributed by atoms with Crippen LogP contribution in [0.15, 0.2) is 0 Å². The molecule has 1 rings (SSSR count). The van der Waals surface area contributed by atoms with E-state index in [9.17, 15) is 53.6 Å². The van der Waals surface area contributed by atoms with Crippen molar-refractivity contribution in [3.05, 3.63) is 0 Å². The molecule has 0 unspecified atom stereocenters. The lowest BCUT2D eigenvalue weighted by Crippen LogP contribution is -2.81. The summed E-state index contributed by atoms with van der Waals surface area (Å²) in [7, 11) is -5.77. The highest BCUT2D eigenvalue weighted by molar-refractivity contribution is 7.46. The van der Waals surface area contributed by atoms with E-state index < -0.39 is 112 Å². The summed E-state index contributed by atoms with van der Waals surface area (Å²) in [5.74, 6) is -7.60. The summed E-state index contributed by atoms with van der Waals surface area (Å²) in [6.45, 7) is 11.8. The number of carbonyl (C=O) groups is 6. The fraction of sp³-hybridized carbons (Fsp3) is 0.931. The minimum absolute atomic E-state index is 0.0911. The Morgan fingerprint density at radius 3 is 0.963 bits per heavy atom. The lowest BCUT2D eigenvalue weighted by Gasteiger charge is -2.56. The summed E-state index contributed by atoms with van der Waals surface area (Å²) in [6, 6.07) is 0. The van der Waals surface area contributed by atoms with Crippen LogP contribution in [0.4, 0.5) is 0 Å². The van der Waals surface area contributed by atoms with Crippen LogP contribution in [-0.4, -0.2) is 122 Å². The molecule has 1 aliphatic rings. The molecule has 0 bridgehead atoms. The van der Waals surface area contributed by atoms with Crippen molar-refractivity contribution in [1.82, 2.24) is 10.6 Å². The van der Waals surface area contributed by atoms with Gasteiger partial charge >= 0.3 is 31.7 Å². The molecule has 1 heterocycles. The van der Waals surface area contributed by atoms with Gasteiger partial charge in [-0.2, -0.15) is 0 Å². The van der Waals surface area contributed by atoms with Gasteiger partial charge in [0.25, 0.3) is 5.79 Å². The molecule has 0 spiro atoms. The number of carbonyl (C=O) groups excluding carboxylic acids is 6. The number of hydrogen-bond donors (Lipinski definition) is 7. The quantitative estimate of drug-likeness (QED) is 0.00978. The van der Waals surface area contributed by atoms with Crippen molar-refractivity contribution in [2.45, 2.75) is 507 Å². The third-order valence-corrected chi connectivity index (χ3v) is 22.2. The van der Waals surface area contributed by atoms with Crippen molar-refractivity contribution in [3.8, 4) is 0 Å². The van der Waals surface area contributed by atoms with Gasteiger partial charge in [-0.1, -0.05) is 350 Å². The molecule has 21 heteroatoms. The fourth-order valence-electron chi connectivity index (χ4n) is 15.0. The van der Waals surface area contributed by atoms with Gasteiger partial charge in [0.2, 0.25) is 11.8 Å². The maximum atomic E-state index is 15.2. The van der Waals surface area contributed by atoms with Gasteiger partial charge in [0.1, 0.15) is 24.4 Å². The highest BCUT2D eigenvalue weighted by Gasteiger charge is 2.70. The van der Waals surface area contributed by atoms with Crippen LogP contribution in [0, 0.1) is 0 Å². The predicted molar refractivity (Wildman–Crippen MR) is 434 cm³/mol. The zero-order valence-corrected chi connectivity index (χ0v) is 70.7. The van der Waals surface area contributed by atoms with Gasteiger partial charge in [-0.05, 0) is 70.6 Å². The first-order valence-corrected chi connectivity index (χ1v) is 46.6. The Labute approximate surface area is 657 Å². The topological polar surface area (TPSA) is 300 Å². The van der Waals surface area contributed by atoms with Crippen molar-refractivity contribution >= 4 is 43.5 Å². The first-order valence-electron chi connectivity index (χ1n) is 45.1. The Hall–Kier alpha value is -3.23. The second-order valence-corrected chi connectivity index (χ2v) is 33.1. The molecule has 0 saturated carbocycles. The van der Waals surface area contributed by atoms with Gasteiger partial charge in [0.05, 0.1) is 25.9 Å². The van der Waals surface area contributed by atoms with E-state index >= 15 is 4.79 Å². The molecule has 1 aliphatic heterocycles. The Kier molecular flexibility index (Phi) is 65.9. The molecule has 0 aromatic rings. The van der Waals surface area contributed by atoms with Crippen molar-refractivity contribution in [2.24, 2.45) is 0 Å². The first-order chi connectivity index (χ1) is 52.3. The minimum Gasteiger partial charge on any atom is -0.462 e. The molecule has 108 heavy (non-hydrogen) atoms. The molecule has 7 N–H and O–H groups in total. The lowest BCUT2D eigenvalue weighted by atomic mass is 9.76. The molecule has 0 aromatic heterocycles. The number of nitrogens with one attached hydrogen (secondary N) is 2. The van der Waals surface area contributed by atoms with Crippen LogP contribution in [0.2, 0.25) is 0 Å². The van der Waals surface area contributed by atoms with Gasteiger partial charge in [-0.3, -0.25) is 33.3 Å². The summed E-state index contributed by atoms with van der Waals surface area (Å²) in [4.78, 5) is 106. The van der Waals surface area contributed by atoms with E-state index in [1.54, 1.807) is 0 Å². The van der Waals surface area contributed by atoms with Gasteiger partial charge in [-0.25, -0.2) is 4.57 Å². The maximum absolute atomic E-state index is 15.2. The number of unbranched alkanes of at least 4 members (excludes halogenated alkanes) is 48. The third-order valence-electron chi connectivity index (χ3n) is 21.7. The summed E-state index contributed by atoms with van der Waals surface area (Å²) < 4.78 is 48.7. The number of hydrogen-bond acceptors (Lipinski definition) is 16. The van der Waals surface area contributed by atoms with E-state index in [0.717, 1.165) is 180 Å². The molecular weight excluding hydrogens is 1390 g/mol. The molecule has 0 aliphatic carbocycles. The molecule has 20 nitrogen and oxygen atoms in total. The Balaban J connectivity index is 3.92. The number of phosphoric acid groups is 1. The first kappa shape index (κ1) is 103. The van der Waals surface area contributed by atoms with Gasteiger partial charge in [0, 0.05) is 25.8 Å². The van der Waals surface area contributed by atoms with Gasteiger partial charge in [0.15, 0.2) is 17.9 Å². The van der Waals surface area contributed by atoms with Crippen LogP contribution in [0.25, 0.3) is 0 Å². The largest absolute Gasteiger partial charge is 0.470 e. The minimum atomic E-state index is -5.77. The van der Waals surface area contributed by atoms with Crippen LogP contribution in [0.1, 0.15) is 459 Å². The predicted octanol–water partition coefficient (Wildman–Crippen LogP) is 21.6. The molecule has 636 valence electrons. The molecular formula is C87H165N2O18P. The van der Waals surface area contributed by atoms with Crippen molar-refractivity contribution < 1.29 is 86.6 Å². The van der Waals surface area contributed by atoms with Gasteiger partial charge in [-0.15, -0.1) is 0 Å². The van der Waals surface area contributed by atoms with Crippen LogP contribution in [0.5, 0.6) is 0 Å². The maximum Gasteiger partial charge on any atom is 0.470 e. The molecule has 1 fully saturated rings. The van der Waals surface area contributed by atoms with E-state index in [-0.39, 0.29) is 57.5 Å². The van der Waals surface area contributed by atoms with E-state index in [2.05, 4.69) is 52.2 Å². The number of esters is 4. The average molecular weight is 1560 g/mol. The average Bonchev–Trinajstić information content (AvgIpc) is 0.717. The molecule has 0 aromatic carbocycles. The zero-order valence-electron chi connectivity index (χ0n) is 69.8. The number of aliphatic hydroxyl groups excluding tert-OH is 2. The Morgan fingerprint density at radius 1 is 0.389 bits per heavy atom. The van der Waals surface area contributed by atoms with Crippen LogP contribution in [0.3, 0.4) is 0 Å². The SMILES string of the molecule is CCCCCCCCCCCC(=O)O[C@H](CCCCCCCCCCC)CC(=O)NCCC[C@]1(NC(=O)C[C@@H](CCCCCCCCCCC)OC(=O)CCCCCCCCCCC)[C@H](O)O[C@H](CO)[C@@H](OP(=O)(O)O)[C@]1(O)OC(=O)C[C@@H](CCCCCCCCCCC)OC(=O)CCCCCCCCCCC. The lowest BCUT2D eigenvalue weighted by molar-refractivity contribution is -0.380. The normalized spacial score (nSPS) is 18.2. The summed E-state index contributed by atoms with van der Waals surface area (Å²) in [5, 5.41) is 42.6. The summed E-state index contributed by atoms with van der Waals surface area (Å²) in [6.07, 6.45) is 45.4. The van der Waals surface area contributed by atoms with Crippen molar-refractivity contribution in [3.63, 3.8) is 0 Å². The second-order valence-electron chi connectivity index (χ2n) is 31.9. The molecule has 2 amide bonds. The number of rotatable bonds is 78. The Morgan fingerprint density at radius 2 is 0.667 bits per heavy atom. The number of phosphoric ester groups is 1. The molecule has 0 radical (unpaired) electrons. The number of aliphatic hydroxyl groups is 3. The van der Waals surface area contributed by atoms with E-state index in [1.165, 1.54) is 135 Å². The van der Waals surface area contributed by atoms with Crippen LogP contribution < -0.4 is 10.6 Å². The third kappa shape index (κ3) is 53.7. The highest BCUT2D eigenvalue weighted by Crippen LogP contribution is 2.49. The van der Waals surface area contributed by atoms with Gasteiger partial charge < -0.3 is 59.4 Å². The highest BCUT2D eigenvalue weighted by atomic mass is 31.2. The van der Waals surface area contributed by atoms with Crippen LogP contribution >= 0.6 is 7.82 Å².